The molecule has 2 amide bonds. The van der Waals surface area contributed by atoms with Crippen LogP contribution >= 0.6 is 11.6 Å². The first-order chi connectivity index (χ1) is 13.4. The summed E-state index contributed by atoms with van der Waals surface area (Å²) in [5.41, 5.74) is 2.13. The molecular weight excluding hydrogens is 374 g/mol. The highest BCUT2D eigenvalue weighted by molar-refractivity contribution is 6.30. The second-order valence-corrected chi connectivity index (χ2v) is 7.84. The molecule has 2 aromatic carbocycles. The van der Waals surface area contributed by atoms with Gasteiger partial charge in [-0.15, -0.1) is 0 Å². The molecule has 3 rings (SSSR count). The second kappa shape index (κ2) is 9.11. The normalized spacial score (nSPS) is 14.8. The molecule has 0 unspecified atom stereocenters. The maximum atomic E-state index is 12.8. The van der Waals surface area contributed by atoms with Gasteiger partial charge in [0.1, 0.15) is 0 Å². The van der Waals surface area contributed by atoms with Crippen molar-refractivity contribution in [2.24, 2.45) is 5.92 Å². The molecule has 2 aromatic rings. The van der Waals surface area contributed by atoms with Gasteiger partial charge in [-0.1, -0.05) is 29.8 Å². The van der Waals surface area contributed by atoms with E-state index in [4.69, 9.17) is 11.6 Å². The van der Waals surface area contributed by atoms with Gasteiger partial charge in [0, 0.05) is 35.8 Å². The van der Waals surface area contributed by atoms with Crippen LogP contribution in [0.4, 0.5) is 11.4 Å². The molecule has 1 heterocycles. The van der Waals surface area contributed by atoms with Crippen LogP contribution in [0, 0.1) is 5.92 Å². The van der Waals surface area contributed by atoms with Crippen LogP contribution in [0.15, 0.2) is 48.5 Å². The molecule has 2 N–H and O–H groups in total. The Morgan fingerprint density at radius 1 is 1.07 bits per heavy atom. The number of anilines is 2. The number of halogens is 1. The van der Waals surface area contributed by atoms with Crippen molar-refractivity contribution in [2.75, 3.05) is 23.3 Å². The zero-order valence-corrected chi connectivity index (χ0v) is 17.0. The van der Waals surface area contributed by atoms with Crippen molar-refractivity contribution in [2.45, 2.75) is 32.7 Å². The summed E-state index contributed by atoms with van der Waals surface area (Å²) in [6, 6.07) is 14.9. The van der Waals surface area contributed by atoms with E-state index >= 15 is 0 Å². The molecule has 0 aliphatic carbocycles. The lowest BCUT2D eigenvalue weighted by Gasteiger charge is -2.33. The van der Waals surface area contributed by atoms with E-state index in [1.165, 1.54) is 0 Å². The fourth-order valence-electron chi connectivity index (χ4n) is 3.44. The highest BCUT2D eigenvalue weighted by Gasteiger charge is 2.26. The van der Waals surface area contributed by atoms with Crippen LogP contribution in [-0.2, 0) is 4.79 Å². The van der Waals surface area contributed by atoms with Crippen molar-refractivity contribution >= 4 is 34.8 Å². The highest BCUT2D eigenvalue weighted by Crippen LogP contribution is 2.26. The average molecular weight is 400 g/mol. The summed E-state index contributed by atoms with van der Waals surface area (Å²) in [6.07, 6.45) is 1.53. The van der Waals surface area contributed by atoms with E-state index in [0.29, 0.717) is 16.3 Å². The number of hydrogen-bond donors (Lipinski definition) is 2. The number of amides is 2. The Balaban J connectivity index is 1.61. The first kappa shape index (κ1) is 20.2. The summed E-state index contributed by atoms with van der Waals surface area (Å²) < 4.78 is 0. The zero-order valence-electron chi connectivity index (χ0n) is 16.2. The van der Waals surface area contributed by atoms with Gasteiger partial charge < -0.3 is 15.5 Å². The van der Waals surface area contributed by atoms with Crippen molar-refractivity contribution in [3.05, 3.63) is 59.1 Å². The van der Waals surface area contributed by atoms with E-state index in [0.717, 1.165) is 31.6 Å². The molecule has 1 aliphatic rings. The van der Waals surface area contributed by atoms with E-state index in [9.17, 15) is 9.59 Å². The lowest BCUT2D eigenvalue weighted by atomic mass is 9.95. The monoisotopic (exact) mass is 399 g/mol. The number of piperidine rings is 1. The fourth-order valence-corrected chi connectivity index (χ4v) is 3.62. The smallest absolute Gasteiger partial charge is 0.253 e. The number of carbonyl (C=O) groups is 2. The Morgan fingerprint density at radius 3 is 2.46 bits per heavy atom. The van der Waals surface area contributed by atoms with Gasteiger partial charge >= 0.3 is 0 Å². The first-order valence-corrected chi connectivity index (χ1v) is 10.0. The molecule has 1 aliphatic heterocycles. The minimum atomic E-state index is -0.179. The molecular formula is C22H26ClN3O2. The third-order valence-corrected chi connectivity index (χ3v) is 5.12. The number of nitrogens with one attached hydrogen (secondary N) is 2. The summed E-state index contributed by atoms with van der Waals surface area (Å²) in [5, 5.41) is 6.55. The Morgan fingerprint density at radius 2 is 1.79 bits per heavy atom. The van der Waals surface area contributed by atoms with Crippen molar-refractivity contribution in [1.82, 2.24) is 5.32 Å². The van der Waals surface area contributed by atoms with Gasteiger partial charge in [0.15, 0.2) is 0 Å². The van der Waals surface area contributed by atoms with Crippen molar-refractivity contribution < 1.29 is 9.59 Å². The lowest BCUT2D eigenvalue weighted by molar-refractivity contribution is -0.120. The van der Waals surface area contributed by atoms with Crippen LogP contribution < -0.4 is 15.5 Å². The Kier molecular flexibility index (Phi) is 6.57. The summed E-state index contributed by atoms with van der Waals surface area (Å²) in [5.74, 6) is -0.283. The average Bonchev–Trinajstić information content (AvgIpc) is 2.68. The van der Waals surface area contributed by atoms with Gasteiger partial charge in [0.2, 0.25) is 5.91 Å². The van der Waals surface area contributed by atoms with E-state index in [1.54, 1.807) is 18.2 Å². The Labute approximate surface area is 171 Å². The fraction of sp³-hybridized carbons (Fsp3) is 0.364. The van der Waals surface area contributed by atoms with E-state index in [-0.39, 0.29) is 23.8 Å². The number of nitrogens with zero attached hydrogens (tertiary/aromatic N) is 1. The summed E-state index contributed by atoms with van der Waals surface area (Å²) in [6.45, 7) is 5.42. The van der Waals surface area contributed by atoms with Crippen molar-refractivity contribution in [1.29, 1.82) is 0 Å². The number of benzene rings is 2. The van der Waals surface area contributed by atoms with E-state index < -0.39 is 0 Å². The molecule has 0 aromatic heterocycles. The zero-order chi connectivity index (χ0) is 20.1. The number of para-hydroxylation sites is 1. The molecule has 5 nitrogen and oxygen atoms in total. The Hall–Kier alpha value is -2.53. The molecule has 28 heavy (non-hydrogen) atoms. The van der Waals surface area contributed by atoms with E-state index in [2.05, 4.69) is 15.5 Å². The molecule has 0 radical (unpaired) electrons. The van der Waals surface area contributed by atoms with Crippen LogP contribution in [0.5, 0.6) is 0 Å². The first-order valence-electron chi connectivity index (χ1n) is 9.65. The topological polar surface area (TPSA) is 61.4 Å². The van der Waals surface area contributed by atoms with Crippen LogP contribution in [0.2, 0.25) is 5.02 Å². The van der Waals surface area contributed by atoms with Gasteiger partial charge in [-0.25, -0.2) is 0 Å². The maximum absolute atomic E-state index is 12.8. The third kappa shape index (κ3) is 5.04. The minimum Gasteiger partial charge on any atom is -0.371 e. The maximum Gasteiger partial charge on any atom is 0.253 e. The molecule has 6 heteroatoms. The van der Waals surface area contributed by atoms with E-state index in [1.807, 2.05) is 44.2 Å². The summed E-state index contributed by atoms with van der Waals surface area (Å²) in [7, 11) is 0. The van der Waals surface area contributed by atoms with Gasteiger partial charge in [-0.3, -0.25) is 9.59 Å². The molecule has 0 atom stereocenters. The lowest BCUT2D eigenvalue weighted by Crippen LogP contribution is -2.38. The van der Waals surface area contributed by atoms with Crippen LogP contribution in [0.3, 0.4) is 0 Å². The molecule has 0 spiro atoms. The van der Waals surface area contributed by atoms with Gasteiger partial charge in [-0.2, -0.15) is 0 Å². The van der Waals surface area contributed by atoms with Gasteiger partial charge in [0.05, 0.1) is 11.3 Å². The quantitative estimate of drug-likeness (QED) is 0.786. The minimum absolute atomic E-state index is 0.0319. The molecule has 0 bridgehead atoms. The van der Waals surface area contributed by atoms with Crippen molar-refractivity contribution in [3.8, 4) is 0 Å². The van der Waals surface area contributed by atoms with Crippen LogP contribution in [0.1, 0.15) is 37.0 Å². The predicted octanol–water partition coefficient (Wildman–Crippen LogP) is 4.33. The largest absolute Gasteiger partial charge is 0.371 e. The summed E-state index contributed by atoms with van der Waals surface area (Å²) in [4.78, 5) is 27.4. The molecule has 148 valence electrons. The predicted molar refractivity (Wildman–Crippen MR) is 114 cm³/mol. The molecule has 1 fully saturated rings. The SMILES string of the molecule is CC(C)NC(=O)c1ccccc1NC(=O)C1CCN(c2cccc(Cl)c2)CC1. The van der Waals surface area contributed by atoms with Crippen LogP contribution in [-0.4, -0.2) is 30.9 Å². The highest BCUT2D eigenvalue weighted by atomic mass is 35.5. The standard InChI is InChI=1S/C22H26ClN3O2/c1-15(2)24-22(28)19-8-3-4-9-20(19)25-21(27)16-10-12-26(13-11-16)18-7-5-6-17(23)14-18/h3-9,14-16H,10-13H2,1-2H3,(H,24,28)(H,25,27). The summed E-state index contributed by atoms with van der Waals surface area (Å²) >= 11 is 6.08. The van der Waals surface area contributed by atoms with Crippen molar-refractivity contribution in [3.63, 3.8) is 0 Å². The van der Waals surface area contributed by atoms with Crippen LogP contribution in [0.25, 0.3) is 0 Å². The number of carbonyl (C=O) groups excluding carboxylic acids is 2. The number of hydrogen-bond acceptors (Lipinski definition) is 3. The second-order valence-electron chi connectivity index (χ2n) is 7.40. The molecule has 0 saturated carbocycles. The Bertz CT molecular complexity index is 845. The molecule has 1 saturated heterocycles. The third-order valence-electron chi connectivity index (χ3n) is 4.89. The van der Waals surface area contributed by atoms with Gasteiger partial charge in [-0.05, 0) is 57.0 Å². The number of rotatable bonds is 5. The van der Waals surface area contributed by atoms with Gasteiger partial charge in [0.25, 0.3) is 5.91 Å².